The molecule has 1 heterocycles. The van der Waals surface area contributed by atoms with Gasteiger partial charge in [-0.05, 0) is 79.7 Å². The molecule has 23 heavy (non-hydrogen) atoms. The van der Waals surface area contributed by atoms with Gasteiger partial charge in [0.1, 0.15) is 0 Å². The third-order valence-corrected chi connectivity index (χ3v) is 7.16. The van der Waals surface area contributed by atoms with Gasteiger partial charge in [0.15, 0.2) is 0 Å². The summed E-state index contributed by atoms with van der Waals surface area (Å²) in [5, 5.41) is 0. The zero-order valence-electron chi connectivity index (χ0n) is 14.5. The minimum absolute atomic E-state index is 0.170. The maximum Gasteiger partial charge on any atom is 0.248 e. The van der Waals surface area contributed by atoms with Crippen LogP contribution in [0.1, 0.15) is 61.5 Å². The monoisotopic (exact) mass is 312 g/mol. The van der Waals surface area contributed by atoms with E-state index in [4.69, 9.17) is 5.73 Å². The van der Waals surface area contributed by atoms with Gasteiger partial charge in [-0.3, -0.25) is 9.69 Å². The van der Waals surface area contributed by atoms with E-state index in [0.717, 1.165) is 18.4 Å². The Morgan fingerprint density at radius 3 is 2.78 bits per heavy atom. The predicted molar refractivity (Wildman–Crippen MR) is 92.5 cm³/mol. The van der Waals surface area contributed by atoms with Crippen LogP contribution in [0.5, 0.6) is 0 Å². The van der Waals surface area contributed by atoms with E-state index in [2.05, 4.69) is 37.8 Å². The Labute approximate surface area is 139 Å². The van der Waals surface area contributed by atoms with Crippen LogP contribution in [0.15, 0.2) is 18.2 Å². The summed E-state index contributed by atoms with van der Waals surface area (Å²) in [4.78, 5) is 14.4. The van der Waals surface area contributed by atoms with Crippen molar-refractivity contribution in [3.8, 4) is 0 Å². The average Bonchev–Trinajstić information content (AvgIpc) is 3.34. The second-order valence-corrected chi connectivity index (χ2v) is 8.28. The molecule has 0 radical (unpaired) electrons. The second-order valence-electron chi connectivity index (χ2n) is 8.28. The van der Waals surface area contributed by atoms with Gasteiger partial charge in [-0.15, -0.1) is 0 Å². The van der Waals surface area contributed by atoms with Crippen LogP contribution in [0.3, 0.4) is 0 Å². The number of carbonyl (C=O) groups is 1. The molecule has 3 nitrogen and oxygen atoms in total. The molecule has 1 aliphatic heterocycles. The topological polar surface area (TPSA) is 46.3 Å². The molecule has 2 fully saturated rings. The molecule has 2 aliphatic carbocycles. The zero-order chi connectivity index (χ0) is 16.4. The number of likely N-dealkylation sites (tertiary alicyclic amines) is 1. The summed E-state index contributed by atoms with van der Waals surface area (Å²) in [6, 6.07) is 7.49. The minimum Gasteiger partial charge on any atom is -0.366 e. The summed E-state index contributed by atoms with van der Waals surface area (Å²) in [6.45, 7) is 8.42. The normalized spacial score (nSPS) is 34.7. The first-order valence-electron chi connectivity index (χ1n) is 9.11. The number of rotatable bonds is 3. The van der Waals surface area contributed by atoms with Crippen molar-refractivity contribution in [1.29, 1.82) is 0 Å². The van der Waals surface area contributed by atoms with Crippen LogP contribution in [0.25, 0.3) is 0 Å². The van der Waals surface area contributed by atoms with Gasteiger partial charge in [-0.2, -0.15) is 0 Å². The molecule has 1 aromatic carbocycles. The molecule has 1 saturated carbocycles. The summed E-state index contributed by atoms with van der Waals surface area (Å²) in [7, 11) is 0. The van der Waals surface area contributed by atoms with E-state index in [1.54, 1.807) is 0 Å². The summed E-state index contributed by atoms with van der Waals surface area (Å²) < 4.78 is 0. The first-order chi connectivity index (χ1) is 10.9. The van der Waals surface area contributed by atoms with Crippen LogP contribution >= 0.6 is 0 Å². The van der Waals surface area contributed by atoms with E-state index in [9.17, 15) is 4.79 Å². The SMILES string of the molecule is CC(C1CC1)N1CCC2(C)c3cc(C(N)=O)ccc3CC1C2C. The number of hydrogen-bond donors (Lipinski definition) is 1. The number of amides is 1. The minimum atomic E-state index is -0.314. The smallest absolute Gasteiger partial charge is 0.248 e. The number of primary amides is 1. The van der Waals surface area contributed by atoms with Crippen molar-refractivity contribution in [3.63, 3.8) is 0 Å². The van der Waals surface area contributed by atoms with Crippen LogP contribution in [-0.2, 0) is 11.8 Å². The zero-order valence-corrected chi connectivity index (χ0v) is 14.5. The molecule has 3 aliphatic rings. The van der Waals surface area contributed by atoms with Gasteiger partial charge in [-0.1, -0.05) is 19.9 Å². The fourth-order valence-corrected chi connectivity index (χ4v) is 5.16. The van der Waals surface area contributed by atoms with Crippen molar-refractivity contribution in [1.82, 2.24) is 4.90 Å². The number of fused-ring (bicyclic) bond motifs is 4. The van der Waals surface area contributed by atoms with Crippen molar-refractivity contribution in [2.24, 2.45) is 17.6 Å². The average molecular weight is 312 g/mol. The third kappa shape index (κ3) is 2.24. The Morgan fingerprint density at radius 2 is 2.13 bits per heavy atom. The molecule has 4 atom stereocenters. The highest BCUT2D eigenvalue weighted by Crippen LogP contribution is 2.50. The third-order valence-electron chi connectivity index (χ3n) is 7.16. The highest BCUT2D eigenvalue weighted by atomic mass is 16.1. The van der Waals surface area contributed by atoms with Crippen LogP contribution in [0.4, 0.5) is 0 Å². The Hall–Kier alpha value is -1.35. The molecule has 1 saturated heterocycles. The van der Waals surface area contributed by atoms with Crippen molar-refractivity contribution < 1.29 is 4.79 Å². The standard InChI is InChI=1S/C20H28N2O/c1-12-18-11-15-6-7-16(19(21)23)10-17(15)20(12,3)8-9-22(18)13(2)14-4-5-14/h6-7,10,12-14,18H,4-5,8-9,11H2,1-3H3,(H2,21,23). The van der Waals surface area contributed by atoms with Crippen LogP contribution < -0.4 is 5.73 Å². The van der Waals surface area contributed by atoms with E-state index in [0.29, 0.717) is 17.5 Å². The lowest BCUT2D eigenvalue weighted by molar-refractivity contribution is 0.000499. The van der Waals surface area contributed by atoms with E-state index in [1.807, 2.05) is 6.07 Å². The van der Waals surface area contributed by atoms with Gasteiger partial charge >= 0.3 is 0 Å². The van der Waals surface area contributed by atoms with Crippen LogP contribution in [0, 0.1) is 11.8 Å². The van der Waals surface area contributed by atoms with Crippen molar-refractivity contribution >= 4 is 5.91 Å². The fraction of sp³-hybridized carbons (Fsp3) is 0.650. The van der Waals surface area contributed by atoms with Gasteiger partial charge in [0.05, 0.1) is 0 Å². The van der Waals surface area contributed by atoms with Crippen molar-refractivity contribution in [3.05, 3.63) is 34.9 Å². The number of benzene rings is 1. The van der Waals surface area contributed by atoms with E-state index in [1.165, 1.54) is 36.9 Å². The molecular weight excluding hydrogens is 284 g/mol. The molecule has 2 bridgehead atoms. The van der Waals surface area contributed by atoms with Gasteiger partial charge < -0.3 is 5.73 Å². The predicted octanol–water partition coefficient (Wildman–Crippen LogP) is 3.11. The number of hydrogen-bond acceptors (Lipinski definition) is 2. The maximum atomic E-state index is 11.6. The second kappa shape index (κ2) is 5.07. The van der Waals surface area contributed by atoms with Crippen molar-refractivity contribution in [2.45, 2.75) is 64.0 Å². The Balaban J connectivity index is 1.73. The van der Waals surface area contributed by atoms with E-state index >= 15 is 0 Å². The summed E-state index contributed by atoms with van der Waals surface area (Å²) in [6.07, 6.45) is 5.11. The Bertz CT molecular complexity index is 651. The highest BCUT2D eigenvalue weighted by Gasteiger charge is 2.50. The number of carbonyl (C=O) groups excluding carboxylic acids is 1. The summed E-state index contributed by atoms with van der Waals surface area (Å²) in [5.41, 5.74) is 9.13. The molecule has 124 valence electrons. The quantitative estimate of drug-likeness (QED) is 0.932. The molecule has 4 unspecified atom stereocenters. The first kappa shape index (κ1) is 15.2. The molecule has 1 amide bonds. The number of nitrogens with zero attached hydrogens (tertiary/aromatic N) is 1. The Morgan fingerprint density at radius 1 is 1.39 bits per heavy atom. The molecular formula is C20H28N2O. The molecule has 3 heteroatoms. The lowest BCUT2D eigenvalue weighted by Crippen LogP contribution is -2.60. The van der Waals surface area contributed by atoms with Crippen LogP contribution in [-0.4, -0.2) is 29.4 Å². The largest absolute Gasteiger partial charge is 0.366 e. The van der Waals surface area contributed by atoms with Gasteiger partial charge in [0.25, 0.3) is 0 Å². The first-order valence-corrected chi connectivity index (χ1v) is 9.11. The molecule has 1 aromatic rings. The molecule has 2 N–H and O–H groups in total. The van der Waals surface area contributed by atoms with Gasteiger partial charge in [-0.25, -0.2) is 0 Å². The van der Waals surface area contributed by atoms with Gasteiger partial charge in [0.2, 0.25) is 5.91 Å². The van der Waals surface area contributed by atoms with Crippen LogP contribution in [0.2, 0.25) is 0 Å². The summed E-state index contributed by atoms with van der Waals surface area (Å²) >= 11 is 0. The summed E-state index contributed by atoms with van der Waals surface area (Å²) in [5.74, 6) is 1.23. The maximum absolute atomic E-state index is 11.6. The van der Waals surface area contributed by atoms with Crippen molar-refractivity contribution in [2.75, 3.05) is 6.54 Å². The lowest BCUT2D eigenvalue weighted by atomic mass is 9.58. The van der Waals surface area contributed by atoms with Gasteiger partial charge in [0, 0.05) is 17.6 Å². The Kier molecular flexibility index (Phi) is 3.35. The fourth-order valence-electron chi connectivity index (χ4n) is 5.16. The van der Waals surface area contributed by atoms with E-state index in [-0.39, 0.29) is 11.3 Å². The molecule has 0 spiro atoms. The molecule has 0 aromatic heterocycles. The number of piperidine rings is 1. The lowest BCUT2D eigenvalue weighted by Gasteiger charge is -2.56. The number of nitrogens with two attached hydrogens (primary N) is 1. The van der Waals surface area contributed by atoms with E-state index < -0.39 is 0 Å². The highest BCUT2D eigenvalue weighted by molar-refractivity contribution is 5.93. The molecule has 4 rings (SSSR count).